The van der Waals surface area contributed by atoms with Crippen molar-refractivity contribution in [3.05, 3.63) is 23.8 Å². The third-order valence-electron chi connectivity index (χ3n) is 3.68. The smallest absolute Gasteiger partial charge is 0.345 e. The number of ether oxygens (including phenoxy) is 1. The van der Waals surface area contributed by atoms with Crippen LogP contribution in [0, 0.1) is 0 Å². The molecular weight excluding hydrogens is 282 g/mol. The number of hydrogen-bond donors (Lipinski definition) is 1. The quantitative estimate of drug-likeness (QED) is 0.894. The van der Waals surface area contributed by atoms with Crippen molar-refractivity contribution in [2.45, 2.75) is 30.3 Å². The van der Waals surface area contributed by atoms with Gasteiger partial charge in [0.05, 0.1) is 4.90 Å². The second kappa shape index (κ2) is 4.75. The van der Waals surface area contributed by atoms with Gasteiger partial charge in [0.15, 0.2) is 6.10 Å². The van der Waals surface area contributed by atoms with Gasteiger partial charge < -0.3 is 9.84 Å². The Morgan fingerprint density at radius 1 is 1.30 bits per heavy atom. The van der Waals surface area contributed by atoms with Crippen LogP contribution in [0.25, 0.3) is 0 Å². The van der Waals surface area contributed by atoms with Crippen molar-refractivity contribution < 1.29 is 23.1 Å². The number of carboxylic acids is 1. The van der Waals surface area contributed by atoms with Crippen LogP contribution in [0.5, 0.6) is 5.75 Å². The zero-order chi connectivity index (χ0) is 14.3. The van der Waals surface area contributed by atoms with Crippen LogP contribution in [0.4, 0.5) is 0 Å². The molecule has 0 amide bonds. The highest BCUT2D eigenvalue weighted by atomic mass is 32.2. The summed E-state index contributed by atoms with van der Waals surface area (Å²) in [5.74, 6) is -0.581. The molecule has 7 heteroatoms. The van der Waals surface area contributed by atoms with E-state index in [9.17, 15) is 13.2 Å². The Labute approximate surface area is 117 Å². The van der Waals surface area contributed by atoms with Crippen molar-refractivity contribution >= 4 is 16.0 Å². The molecule has 108 valence electrons. The van der Waals surface area contributed by atoms with Crippen molar-refractivity contribution in [3.8, 4) is 5.75 Å². The largest absolute Gasteiger partial charge is 0.478 e. The Morgan fingerprint density at radius 3 is 2.65 bits per heavy atom. The van der Waals surface area contributed by atoms with Crippen LogP contribution in [0.1, 0.15) is 18.4 Å². The maximum Gasteiger partial charge on any atom is 0.345 e. The van der Waals surface area contributed by atoms with E-state index in [0.29, 0.717) is 24.4 Å². The predicted octanol–water partition coefficient (Wildman–Crippen LogP) is 0.859. The highest BCUT2D eigenvalue weighted by Gasteiger charge is 2.32. The predicted molar refractivity (Wildman–Crippen MR) is 70.2 cm³/mol. The average molecular weight is 297 g/mol. The van der Waals surface area contributed by atoms with Gasteiger partial charge in [0.1, 0.15) is 5.75 Å². The standard InChI is InChI=1S/C13H15NO5S/c15-13(16)12-8-9-7-10(3-4-11(9)19-12)20(17,18)14-5-1-2-6-14/h3-4,7,12H,1-2,5-6,8H2,(H,15,16)/t12-/m0/s1. The Kier molecular flexibility index (Phi) is 3.18. The van der Waals surface area contributed by atoms with Gasteiger partial charge in [0.2, 0.25) is 10.0 Å². The molecule has 0 saturated carbocycles. The first-order chi connectivity index (χ1) is 9.48. The lowest BCUT2D eigenvalue weighted by atomic mass is 10.1. The second-order valence-electron chi connectivity index (χ2n) is 5.03. The van der Waals surface area contributed by atoms with Gasteiger partial charge in [-0.3, -0.25) is 0 Å². The van der Waals surface area contributed by atoms with E-state index in [4.69, 9.17) is 9.84 Å². The lowest BCUT2D eigenvalue weighted by Crippen LogP contribution is -2.27. The SMILES string of the molecule is O=C(O)[C@@H]1Cc2cc(S(=O)(=O)N3CCCC3)ccc2O1. The molecule has 2 aliphatic rings. The number of nitrogens with zero attached hydrogens (tertiary/aromatic N) is 1. The molecule has 0 radical (unpaired) electrons. The fraction of sp³-hybridized carbons (Fsp3) is 0.462. The van der Waals surface area contributed by atoms with E-state index in [-0.39, 0.29) is 11.3 Å². The number of aliphatic carboxylic acids is 1. The lowest BCUT2D eigenvalue weighted by molar-refractivity contribution is -0.144. The van der Waals surface area contributed by atoms with Crippen LogP contribution < -0.4 is 4.74 Å². The average Bonchev–Trinajstić information content (AvgIpc) is 3.07. The van der Waals surface area contributed by atoms with E-state index < -0.39 is 22.1 Å². The first-order valence-electron chi connectivity index (χ1n) is 6.51. The normalized spacial score (nSPS) is 22.5. The Morgan fingerprint density at radius 2 is 2.00 bits per heavy atom. The molecule has 0 aliphatic carbocycles. The van der Waals surface area contributed by atoms with Gasteiger partial charge in [0, 0.05) is 19.5 Å². The summed E-state index contributed by atoms with van der Waals surface area (Å²) >= 11 is 0. The van der Waals surface area contributed by atoms with Crippen LogP contribution in [-0.4, -0.2) is 43.0 Å². The topological polar surface area (TPSA) is 83.9 Å². The van der Waals surface area contributed by atoms with E-state index in [1.54, 1.807) is 6.07 Å². The number of benzene rings is 1. The monoisotopic (exact) mass is 297 g/mol. The maximum absolute atomic E-state index is 12.4. The Hall–Kier alpha value is -1.60. The minimum Gasteiger partial charge on any atom is -0.478 e. The number of fused-ring (bicyclic) bond motifs is 1. The molecule has 1 N–H and O–H groups in total. The Bertz CT molecular complexity index is 649. The molecule has 1 aromatic rings. The summed E-state index contributed by atoms with van der Waals surface area (Å²) in [7, 11) is -3.47. The van der Waals surface area contributed by atoms with Gasteiger partial charge >= 0.3 is 5.97 Å². The number of hydrogen-bond acceptors (Lipinski definition) is 4. The summed E-state index contributed by atoms with van der Waals surface area (Å²) < 4.78 is 31.6. The van der Waals surface area contributed by atoms with Gasteiger partial charge in [-0.25, -0.2) is 13.2 Å². The van der Waals surface area contributed by atoms with Crippen LogP contribution in [0.3, 0.4) is 0 Å². The summed E-state index contributed by atoms with van der Waals surface area (Å²) in [5.41, 5.74) is 0.637. The van der Waals surface area contributed by atoms with E-state index in [1.807, 2.05) is 0 Å². The first kappa shape index (κ1) is 13.4. The summed E-state index contributed by atoms with van der Waals surface area (Å²) in [6.45, 7) is 1.10. The molecule has 1 fully saturated rings. The molecule has 1 aromatic carbocycles. The molecule has 2 heterocycles. The number of sulfonamides is 1. The molecular formula is C13H15NO5S. The van der Waals surface area contributed by atoms with Crippen LogP contribution in [0.15, 0.2) is 23.1 Å². The van der Waals surface area contributed by atoms with Gasteiger partial charge in [-0.1, -0.05) is 0 Å². The van der Waals surface area contributed by atoms with E-state index >= 15 is 0 Å². The van der Waals surface area contributed by atoms with Crippen LogP contribution in [-0.2, 0) is 21.2 Å². The van der Waals surface area contributed by atoms with Gasteiger partial charge in [0.25, 0.3) is 0 Å². The minimum atomic E-state index is -3.47. The zero-order valence-electron chi connectivity index (χ0n) is 10.8. The first-order valence-corrected chi connectivity index (χ1v) is 7.95. The summed E-state index contributed by atoms with van der Waals surface area (Å²) in [5, 5.41) is 8.94. The van der Waals surface area contributed by atoms with Gasteiger partial charge in [-0.15, -0.1) is 0 Å². The molecule has 6 nitrogen and oxygen atoms in total. The van der Waals surface area contributed by atoms with Crippen molar-refractivity contribution in [1.29, 1.82) is 0 Å². The van der Waals surface area contributed by atoms with E-state index in [0.717, 1.165) is 12.8 Å². The second-order valence-corrected chi connectivity index (χ2v) is 6.97. The Balaban J connectivity index is 1.91. The molecule has 0 bridgehead atoms. The molecule has 0 unspecified atom stereocenters. The van der Waals surface area contributed by atoms with Crippen molar-refractivity contribution in [2.75, 3.05) is 13.1 Å². The molecule has 20 heavy (non-hydrogen) atoms. The zero-order valence-corrected chi connectivity index (χ0v) is 11.6. The maximum atomic E-state index is 12.4. The fourth-order valence-electron chi connectivity index (χ4n) is 2.60. The minimum absolute atomic E-state index is 0.202. The number of carboxylic acid groups (broad SMARTS) is 1. The van der Waals surface area contributed by atoms with Crippen molar-refractivity contribution in [3.63, 3.8) is 0 Å². The molecule has 0 spiro atoms. The third kappa shape index (κ3) is 2.16. The van der Waals surface area contributed by atoms with Gasteiger partial charge in [-0.05, 0) is 36.6 Å². The molecule has 0 aromatic heterocycles. The number of carbonyl (C=O) groups is 1. The summed E-state index contributed by atoms with van der Waals surface area (Å²) in [4.78, 5) is 11.1. The fourth-order valence-corrected chi connectivity index (χ4v) is 4.17. The van der Waals surface area contributed by atoms with Crippen LogP contribution in [0.2, 0.25) is 0 Å². The summed E-state index contributed by atoms with van der Waals surface area (Å²) in [6, 6.07) is 4.56. The highest BCUT2D eigenvalue weighted by molar-refractivity contribution is 7.89. The van der Waals surface area contributed by atoms with E-state index in [1.165, 1.54) is 16.4 Å². The highest BCUT2D eigenvalue weighted by Crippen LogP contribution is 2.32. The van der Waals surface area contributed by atoms with Crippen molar-refractivity contribution in [1.82, 2.24) is 4.31 Å². The third-order valence-corrected chi connectivity index (χ3v) is 5.58. The molecule has 1 saturated heterocycles. The van der Waals surface area contributed by atoms with Crippen LogP contribution >= 0.6 is 0 Å². The van der Waals surface area contributed by atoms with Gasteiger partial charge in [-0.2, -0.15) is 4.31 Å². The van der Waals surface area contributed by atoms with E-state index in [2.05, 4.69) is 0 Å². The molecule has 3 rings (SSSR count). The summed E-state index contributed by atoms with van der Waals surface area (Å²) in [6.07, 6.45) is 1.05. The number of rotatable bonds is 3. The van der Waals surface area contributed by atoms with Crippen molar-refractivity contribution in [2.24, 2.45) is 0 Å². The molecule has 1 atom stereocenters. The lowest BCUT2D eigenvalue weighted by Gasteiger charge is -2.15. The molecule has 2 aliphatic heterocycles.